The van der Waals surface area contributed by atoms with E-state index in [0.717, 1.165) is 17.8 Å². The van der Waals surface area contributed by atoms with Crippen LogP contribution in [0, 0.1) is 0 Å². The summed E-state index contributed by atoms with van der Waals surface area (Å²) in [6.45, 7) is 1.94. The molecule has 0 saturated heterocycles. The van der Waals surface area contributed by atoms with Crippen molar-refractivity contribution in [3.05, 3.63) is 53.9 Å². The highest BCUT2D eigenvalue weighted by Crippen LogP contribution is 2.28. The summed E-state index contributed by atoms with van der Waals surface area (Å²) < 4.78 is 37.8. The van der Waals surface area contributed by atoms with E-state index >= 15 is 0 Å². The van der Waals surface area contributed by atoms with E-state index < -0.39 is 11.9 Å². The van der Waals surface area contributed by atoms with Gasteiger partial charge in [-0.1, -0.05) is 37.3 Å². The van der Waals surface area contributed by atoms with Gasteiger partial charge < -0.3 is 5.32 Å². The molecule has 0 saturated carbocycles. The maximum atomic E-state index is 12.6. The van der Waals surface area contributed by atoms with E-state index in [0.29, 0.717) is 6.42 Å². The second kappa shape index (κ2) is 5.90. The Labute approximate surface area is 114 Å². The molecule has 0 radical (unpaired) electrons. The van der Waals surface area contributed by atoms with Crippen molar-refractivity contribution < 1.29 is 13.2 Å². The van der Waals surface area contributed by atoms with Crippen LogP contribution in [0.5, 0.6) is 0 Å². The Kier molecular flexibility index (Phi) is 4.22. The van der Waals surface area contributed by atoms with E-state index in [2.05, 4.69) is 15.3 Å². The number of anilines is 1. The van der Waals surface area contributed by atoms with E-state index in [1.807, 2.05) is 37.3 Å². The van der Waals surface area contributed by atoms with Gasteiger partial charge >= 0.3 is 6.18 Å². The predicted molar refractivity (Wildman–Crippen MR) is 70.1 cm³/mol. The second-order valence-corrected chi connectivity index (χ2v) is 4.28. The first-order valence-corrected chi connectivity index (χ1v) is 6.22. The Hall–Kier alpha value is -2.11. The molecule has 106 valence electrons. The Morgan fingerprint density at radius 2 is 1.85 bits per heavy atom. The number of halogens is 3. The quantitative estimate of drug-likeness (QED) is 0.918. The molecule has 0 aliphatic heterocycles. The average molecular weight is 281 g/mol. The standard InChI is InChI=1S/C14H14F3N3/c1-2-11(10-6-4-3-5-7-10)19-13-18-9-8-12(20-13)14(15,16)17/h3-9,11H,2H2,1H3,(H,18,19,20). The monoisotopic (exact) mass is 281 g/mol. The lowest BCUT2D eigenvalue weighted by molar-refractivity contribution is -0.141. The van der Waals surface area contributed by atoms with Crippen molar-refractivity contribution in [1.82, 2.24) is 9.97 Å². The van der Waals surface area contributed by atoms with Crippen LogP contribution in [0.25, 0.3) is 0 Å². The van der Waals surface area contributed by atoms with E-state index in [1.165, 1.54) is 0 Å². The minimum Gasteiger partial charge on any atom is -0.347 e. The smallest absolute Gasteiger partial charge is 0.347 e. The molecule has 0 bridgehead atoms. The molecule has 0 aliphatic carbocycles. The van der Waals surface area contributed by atoms with E-state index in [1.54, 1.807) is 0 Å². The Morgan fingerprint density at radius 3 is 2.45 bits per heavy atom. The number of aromatic nitrogens is 2. The molecule has 2 aromatic rings. The number of nitrogens with zero attached hydrogens (tertiary/aromatic N) is 2. The summed E-state index contributed by atoms with van der Waals surface area (Å²) in [5, 5.41) is 2.94. The molecule has 1 heterocycles. The van der Waals surface area contributed by atoms with Crippen molar-refractivity contribution in [2.24, 2.45) is 0 Å². The van der Waals surface area contributed by atoms with Crippen LogP contribution >= 0.6 is 0 Å². The topological polar surface area (TPSA) is 37.8 Å². The van der Waals surface area contributed by atoms with Gasteiger partial charge in [-0.25, -0.2) is 9.97 Å². The molecule has 2 rings (SSSR count). The third-order valence-corrected chi connectivity index (χ3v) is 2.86. The maximum absolute atomic E-state index is 12.6. The molecule has 0 spiro atoms. The molecule has 3 nitrogen and oxygen atoms in total. The van der Waals surface area contributed by atoms with Gasteiger partial charge in [-0.15, -0.1) is 0 Å². The molecule has 1 aromatic heterocycles. The van der Waals surface area contributed by atoms with Crippen LogP contribution in [-0.4, -0.2) is 9.97 Å². The Bertz CT molecular complexity index is 555. The first-order chi connectivity index (χ1) is 9.50. The van der Waals surface area contributed by atoms with Crippen LogP contribution in [0.15, 0.2) is 42.6 Å². The van der Waals surface area contributed by atoms with Crippen molar-refractivity contribution in [2.75, 3.05) is 5.32 Å². The van der Waals surface area contributed by atoms with Gasteiger partial charge in [0.05, 0.1) is 6.04 Å². The minimum atomic E-state index is -4.46. The zero-order valence-electron chi connectivity index (χ0n) is 10.9. The average Bonchev–Trinajstić information content (AvgIpc) is 2.45. The molecule has 1 unspecified atom stereocenters. The van der Waals surface area contributed by atoms with Crippen molar-refractivity contribution in [2.45, 2.75) is 25.6 Å². The summed E-state index contributed by atoms with van der Waals surface area (Å²) in [6.07, 6.45) is -2.65. The van der Waals surface area contributed by atoms with Crippen molar-refractivity contribution in [1.29, 1.82) is 0 Å². The van der Waals surface area contributed by atoms with E-state index in [9.17, 15) is 13.2 Å². The molecule has 1 atom stereocenters. The normalized spacial score (nSPS) is 13.0. The first kappa shape index (κ1) is 14.3. The first-order valence-electron chi connectivity index (χ1n) is 6.22. The van der Waals surface area contributed by atoms with Gasteiger partial charge in [-0.05, 0) is 18.1 Å². The summed E-state index contributed by atoms with van der Waals surface area (Å²) in [5.74, 6) is -0.0180. The third-order valence-electron chi connectivity index (χ3n) is 2.86. The van der Waals surface area contributed by atoms with E-state index in [4.69, 9.17) is 0 Å². The fourth-order valence-electron chi connectivity index (χ4n) is 1.85. The van der Waals surface area contributed by atoms with Crippen molar-refractivity contribution >= 4 is 5.95 Å². The number of rotatable bonds is 4. The lowest BCUT2D eigenvalue weighted by atomic mass is 10.1. The molecule has 0 fully saturated rings. The summed E-state index contributed by atoms with van der Waals surface area (Å²) in [4.78, 5) is 7.35. The molecule has 20 heavy (non-hydrogen) atoms. The highest BCUT2D eigenvalue weighted by molar-refractivity contribution is 5.32. The molecular formula is C14H14F3N3. The van der Waals surface area contributed by atoms with Gasteiger partial charge in [0.15, 0.2) is 0 Å². The number of alkyl halides is 3. The van der Waals surface area contributed by atoms with Crippen LogP contribution < -0.4 is 5.32 Å². The summed E-state index contributed by atoms with van der Waals surface area (Å²) in [7, 11) is 0. The van der Waals surface area contributed by atoms with Gasteiger partial charge in [0.1, 0.15) is 5.69 Å². The van der Waals surface area contributed by atoms with E-state index in [-0.39, 0.29) is 12.0 Å². The summed E-state index contributed by atoms with van der Waals surface area (Å²) in [6, 6.07) is 10.2. The predicted octanol–water partition coefficient (Wildman–Crippen LogP) is 4.06. The van der Waals surface area contributed by atoms with Gasteiger partial charge in [-0.3, -0.25) is 0 Å². The van der Waals surface area contributed by atoms with Gasteiger partial charge in [-0.2, -0.15) is 13.2 Å². The van der Waals surface area contributed by atoms with Crippen LogP contribution in [-0.2, 0) is 6.18 Å². The minimum absolute atomic E-state index is 0.0180. The van der Waals surface area contributed by atoms with Gasteiger partial charge in [0.25, 0.3) is 0 Å². The number of nitrogens with one attached hydrogen (secondary N) is 1. The highest BCUT2D eigenvalue weighted by Gasteiger charge is 2.32. The van der Waals surface area contributed by atoms with Crippen LogP contribution in [0.4, 0.5) is 19.1 Å². The van der Waals surface area contributed by atoms with Crippen molar-refractivity contribution in [3.8, 4) is 0 Å². The molecular weight excluding hydrogens is 267 g/mol. The van der Waals surface area contributed by atoms with Crippen molar-refractivity contribution in [3.63, 3.8) is 0 Å². The second-order valence-electron chi connectivity index (χ2n) is 4.28. The lowest BCUT2D eigenvalue weighted by Gasteiger charge is -2.17. The molecule has 0 amide bonds. The zero-order valence-corrected chi connectivity index (χ0v) is 10.9. The highest BCUT2D eigenvalue weighted by atomic mass is 19.4. The number of hydrogen-bond donors (Lipinski definition) is 1. The van der Waals surface area contributed by atoms with Crippen LogP contribution in [0.2, 0.25) is 0 Å². The fraction of sp³-hybridized carbons (Fsp3) is 0.286. The Balaban J connectivity index is 2.20. The molecule has 1 aromatic carbocycles. The van der Waals surface area contributed by atoms with Crippen LogP contribution in [0.1, 0.15) is 30.6 Å². The lowest BCUT2D eigenvalue weighted by Crippen LogP contribution is -2.15. The van der Waals surface area contributed by atoms with Gasteiger partial charge in [0, 0.05) is 6.20 Å². The SMILES string of the molecule is CCC(Nc1nccc(C(F)(F)F)n1)c1ccccc1. The molecule has 1 N–H and O–H groups in total. The molecule has 6 heteroatoms. The largest absolute Gasteiger partial charge is 0.433 e. The zero-order chi connectivity index (χ0) is 14.6. The maximum Gasteiger partial charge on any atom is 0.433 e. The summed E-state index contributed by atoms with van der Waals surface area (Å²) in [5.41, 5.74) is 0.0360. The van der Waals surface area contributed by atoms with Gasteiger partial charge in [0.2, 0.25) is 5.95 Å². The summed E-state index contributed by atoms with van der Waals surface area (Å²) >= 11 is 0. The number of benzene rings is 1. The third kappa shape index (κ3) is 3.46. The fourth-order valence-corrected chi connectivity index (χ4v) is 1.85. The van der Waals surface area contributed by atoms with Crippen LogP contribution in [0.3, 0.4) is 0 Å². The molecule has 0 aliphatic rings. The number of hydrogen-bond acceptors (Lipinski definition) is 3. The Morgan fingerprint density at radius 1 is 1.15 bits per heavy atom.